The molecule has 1 heterocycles. The Morgan fingerprint density at radius 3 is 2.69 bits per heavy atom. The summed E-state index contributed by atoms with van der Waals surface area (Å²) < 4.78 is 35.7. The van der Waals surface area contributed by atoms with E-state index in [1.165, 1.54) is 12.8 Å². The van der Waals surface area contributed by atoms with Gasteiger partial charge in [-0.1, -0.05) is 6.42 Å². The molecular formula is C10H19F3N2S. The van der Waals surface area contributed by atoms with Gasteiger partial charge in [0, 0.05) is 24.9 Å². The van der Waals surface area contributed by atoms with Gasteiger partial charge in [-0.3, -0.25) is 0 Å². The summed E-state index contributed by atoms with van der Waals surface area (Å²) in [7, 11) is 1.88. The first-order valence-electron chi connectivity index (χ1n) is 5.60. The third-order valence-electron chi connectivity index (χ3n) is 2.68. The van der Waals surface area contributed by atoms with Gasteiger partial charge in [0.05, 0.1) is 0 Å². The maximum absolute atomic E-state index is 11.9. The van der Waals surface area contributed by atoms with Crippen LogP contribution in [-0.4, -0.2) is 48.9 Å². The Hall–Kier alpha value is 0.0600. The minimum absolute atomic E-state index is 0.0618. The van der Waals surface area contributed by atoms with Crippen molar-refractivity contribution in [1.82, 2.24) is 10.2 Å². The summed E-state index contributed by atoms with van der Waals surface area (Å²) in [6, 6.07) is 0.453. The Kier molecular flexibility index (Phi) is 5.92. The largest absolute Gasteiger partial charge is 0.441 e. The molecule has 0 bridgehead atoms. The number of nitrogens with zero attached hydrogens (tertiary/aromatic N) is 1. The molecule has 16 heavy (non-hydrogen) atoms. The minimum atomic E-state index is -4.09. The van der Waals surface area contributed by atoms with Gasteiger partial charge in [-0.2, -0.15) is 13.2 Å². The molecule has 6 heteroatoms. The van der Waals surface area contributed by atoms with Crippen molar-refractivity contribution in [3.63, 3.8) is 0 Å². The number of nitrogens with one attached hydrogen (secondary N) is 1. The van der Waals surface area contributed by atoms with E-state index in [1.807, 2.05) is 11.9 Å². The second-order valence-electron chi connectivity index (χ2n) is 4.20. The van der Waals surface area contributed by atoms with Crippen molar-refractivity contribution in [2.75, 3.05) is 32.4 Å². The predicted molar refractivity (Wildman–Crippen MR) is 61.7 cm³/mol. The van der Waals surface area contributed by atoms with Crippen LogP contribution in [0.5, 0.6) is 0 Å². The lowest BCUT2D eigenvalue weighted by atomic mass is 10.0. The molecule has 1 fully saturated rings. The quantitative estimate of drug-likeness (QED) is 0.812. The predicted octanol–water partition coefficient (Wildman–Crippen LogP) is 2.31. The second kappa shape index (κ2) is 6.71. The normalized spacial score (nSPS) is 22.7. The van der Waals surface area contributed by atoms with E-state index in [0.717, 1.165) is 19.5 Å². The SMILES string of the molecule is CN(CCSC(F)(F)F)CC1CCCCN1. The summed E-state index contributed by atoms with van der Waals surface area (Å²) in [5.41, 5.74) is -4.09. The van der Waals surface area contributed by atoms with E-state index in [9.17, 15) is 13.2 Å². The van der Waals surface area contributed by atoms with Crippen LogP contribution < -0.4 is 5.32 Å². The summed E-state index contributed by atoms with van der Waals surface area (Å²) in [6.45, 7) is 2.37. The minimum Gasteiger partial charge on any atom is -0.313 e. The summed E-state index contributed by atoms with van der Waals surface area (Å²) >= 11 is 0.0618. The zero-order valence-electron chi connectivity index (χ0n) is 9.52. The molecule has 0 radical (unpaired) electrons. The molecule has 1 aliphatic rings. The molecule has 0 aromatic carbocycles. The molecule has 0 amide bonds. The van der Waals surface area contributed by atoms with Crippen LogP contribution in [0, 0.1) is 0 Å². The summed E-state index contributed by atoms with van der Waals surface area (Å²) in [6.07, 6.45) is 3.57. The van der Waals surface area contributed by atoms with Gasteiger partial charge in [0.2, 0.25) is 0 Å². The zero-order chi connectivity index (χ0) is 12.0. The van der Waals surface area contributed by atoms with Gasteiger partial charge in [0.1, 0.15) is 0 Å². The Bertz CT molecular complexity index is 193. The maximum Gasteiger partial charge on any atom is 0.441 e. The van der Waals surface area contributed by atoms with E-state index in [1.54, 1.807) is 0 Å². The lowest BCUT2D eigenvalue weighted by Gasteiger charge is -2.28. The van der Waals surface area contributed by atoms with Gasteiger partial charge in [-0.25, -0.2) is 0 Å². The molecular weight excluding hydrogens is 237 g/mol. The molecule has 1 unspecified atom stereocenters. The molecule has 1 saturated heterocycles. The third kappa shape index (κ3) is 6.60. The van der Waals surface area contributed by atoms with Crippen molar-refractivity contribution in [1.29, 1.82) is 0 Å². The van der Waals surface area contributed by atoms with E-state index in [2.05, 4.69) is 5.32 Å². The number of halogens is 3. The molecule has 1 atom stereocenters. The average molecular weight is 256 g/mol. The fraction of sp³-hybridized carbons (Fsp3) is 1.00. The van der Waals surface area contributed by atoms with E-state index >= 15 is 0 Å². The first-order valence-corrected chi connectivity index (χ1v) is 6.58. The highest BCUT2D eigenvalue weighted by Crippen LogP contribution is 2.29. The van der Waals surface area contributed by atoms with Crippen molar-refractivity contribution in [3.05, 3.63) is 0 Å². The van der Waals surface area contributed by atoms with E-state index in [4.69, 9.17) is 0 Å². The highest BCUT2D eigenvalue weighted by molar-refractivity contribution is 8.00. The summed E-state index contributed by atoms with van der Waals surface area (Å²) in [5.74, 6) is 0.118. The Morgan fingerprint density at radius 2 is 2.12 bits per heavy atom. The van der Waals surface area contributed by atoms with Gasteiger partial charge >= 0.3 is 5.51 Å². The second-order valence-corrected chi connectivity index (χ2v) is 5.36. The van der Waals surface area contributed by atoms with Crippen LogP contribution in [0.25, 0.3) is 0 Å². The molecule has 2 nitrogen and oxygen atoms in total. The van der Waals surface area contributed by atoms with Crippen LogP contribution in [0.2, 0.25) is 0 Å². The van der Waals surface area contributed by atoms with E-state index < -0.39 is 5.51 Å². The van der Waals surface area contributed by atoms with Gasteiger partial charge in [0.25, 0.3) is 0 Å². The van der Waals surface area contributed by atoms with Crippen LogP contribution >= 0.6 is 11.8 Å². The molecule has 0 aromatic heterocycles. The Balaban J connectivity index is 2.08. The van der Waals surface area contributed by atoms with E-state index in [0.29, 0.717) is 12.6 Å². The van der Waals surface area contributed by atoms with Crippen molar-refractivity contribution in [3.8, 4) is 0 Å². The van der Waals surface area contributed by atoms with Crippen molar-refractivity contribution < 1.29 is 13.2 Å². The number of likely N-dealkylation sites (N-methyl/N-ethyl adjacent to an activating group) is 1. The lowest BCUT2D eigenvalue weighted by molar-refractivity contribution is -0.0328. The molecule has 0 spiro atoms. The monoisotopic (exact) mass is 256 g/mol. The highest BCUT2D eigenvalue weighted by Gasteiger charge is 2.27. The molecule has 96 valence electrons. The Labute approximate surface area is 98.9 Å². The van der Waals surface area contributed by atoms with E-state index in [-0.39, 0.29) is 17.5 Å². The smallest absolute Gasteiger partial charge is 0.313 e. The van der Waals surface area contributed by atoms with Gasteiger partial charge < -0.3 is 10.2 Å². The molecule has 1 N–H and O–H groups in total. The lowest BCUT2D eigenvalue weighted by Crippen LogP contribution is -2.43. The summed E-state index contributed by atoms with van der Waals surface area (Å²) in [5, 5.41) is 3.39. The number of rotatable bonds is 5. The number of alkyl halides is 3. The highest BCUT2D eigenvalue weighted by atomic mass is 32.2. The van der Waals surface area contributed by atoms with Crippen LogP contribution in [0.1, 0.15) is 19.3 Å². The first kappa shape index (κ1) is 14.1. The van der Waals surface area contributed by atoms with Crippen LogP contribution in [0.15, 0.2) is 0 Å². The van der Waals surface area contributed by atoms with Gasteiger partial charge in [-0.05, 0) is 38.2 Å². The standard InChI is InChI=1S/C10H19F3N2S/c1-15(6-7-16-10(11,12)13)8-9-4-2-3-5-14-9/h9,14H,2-8H2,1H3. The van der Waals surface area contributed by atoms with Gasteiger partial charge in [-0.15, -0.1) is 0 Å². The molecule has 0 aromatic rings. The van der Waals surface area contributed by atoms with Crippen LogP contribution in [0.4, 0.5) is 13.2 Å². The number of piperidine rings is 1. The molecule has 0 aliphatic carbocycles. The van der Waals surface area contributed by atoms with Crippen molar-refractivity contribution >= 4 is 11.8 Å². The molecule has 0 saturated carbocycles. The van der Waals surface area contributed by atoms with Crippen molar-refractivity contribution in [2.45, 2.75) is 30.8 Å². The topological polar surface area (TPSA) is 15.3 Å². The first-order chi connectivity index (χ1) is 7.47. The fourth-order valence-electron chi connectivity index (χ4n) is 1.86. The molecule has 1 aliphatic heterocycles. The average Bonchev–Trinajstić information content (AvgIpc) is 2.17. The zero-order valence-corrected chi connectivity index (χ0v) is 10.3. The van der Waals surface area contributed by atoms with Crippen LogP contribution in [0.3, 0.4) is 0 Å². The van der Waals surface area contributed by atoms with Crippen LogP contribution in [-0.2, 0) is 0 Å². The number of hydrogen-bond donors (Lipinski definition) is 1. The van der Waals surface area contributed by atoms with Crippen molar-refractivity contribution in [2.24, 2.45) is 0 Å². The summed E-state index contributed by atoms with van der Waals surface area (Å²) in [4.78, 5) is 1.97. The molecule has 1 rings (SSSR count). The fourth-order valence-corrected chi connectivity index (χ4v) is 2.50. The Morgan fingerprint density at radius 1 is 1.38 bits per heavy atom. The number of hydrogen-bond acceptors (Lipinski definition) is 3. The van der Waals surface area contributed by atoms with Gasteiger partial charge in [0.15, 0.2) is 0 Å². The number of thioether (sulfide) groups is 1. The third-order valence-corrected chi connectivity index (χ3v) is 3.40. The maximum atomic E-state index is 11.9.